The van der Waals surface area contributed by atoms with E-state index in [9.17, 15) is 4.79 Å². The molecular weight excluding hydrogens is 504 g/mol. The van der Waals surface area contributed by atoms with Gasteiger partial charge in [0.05, 0.1) is 29.3 Å². The molecule has 1 heterocycles. The summed E-state index contributed by atoms with van der Waals surface area (Å²) in [6, 6.07) is 8.77. The van der Waals surface area contributed by atoms with Crippen LogP contribution in [-0.2, 0) is 9.53 Å². The Hall–Kier alpha value is -1.77. The lowest BCUT2D eigenvalue weighted by molar-refractivity contribution is -0.129. The SMILES string of the molecule is CCOc1c(Cl)cc(C=C2N=C(c3cc(I)ccc3Cl)OC2=O)cc1OC. The summed E-state index contributed by atoms with van der Waals surface area (Å²) in [6.07, 6.45) is 1.57. The van der Waals surface area contributed by atoms with Crippen molar-refractivity contribution in [3.05, 3.63) is 60.8 Å². The van der Waals surface area contributed by atoms with E-state index in [4.69, 9.17) is 37.4 Å². The van der Waals surface area contributed by atoms with Crippen LogP contribution < -0.4 is 9.47 Å². The molecule has 0 radical (unpaired) electrons. The second-order valence-electron chi connectivity index (χ2n) is 5.43. The normalized spacial score (nSPS) is 14.9. The van der Waals surface area contributed by atoms with E-state index in [1.165, 1.54) is 7.11 Å². The number of cyclic esters (lactones) is 1. The molecule has 0 unspecified atom stereocenters. The standard InChI is InChI=1S/C19H14Cl2INO4/c1-3-26-17-14(21)6-10(8-16(17)25-2)7-15-19(24)27-18(23-15)12-9-11(22)4-5-13(12)20/h4-9H,3H2,1-2H3. The third kappa shape index (κ3) is 4.39. The van der Waals surface area contributed by atoms with E-state index in [0.717, 1.165) is 3.57 Å². The van der Waals surface area contributed by atoms with Gasteiger partial charge in [0.25, 0.3) is 0 Å². The predicted molar refractivity (Wildman–Crippen MR) is 114 cm³/mol. The minimum atomic E-state index is -0.566. The average molecular weight is 518 g/mol. The third-order valence-electron chi connectivity index (χ3n) is 3.62. The fourth-order valence-corrected chi connectivity index (χ4v) is 3.41. The molecule has 1 aliphatic rings. The van der Waals surface area contributed by atoms with Crippen LogP contribution in [-0.4, -0.2) is 25.6 Å². The van der Waals surface area contributed by atoms with Crippen molar-refractivity contribution in [1.82, 2.24) is 0 Å². The number of esters is 1. The van der Waals surface area contributed by atoms with Gasteiger partial charge in [0.2, 0.25) is 5.90 Å². The summed E-state index contributed by atoms with van der Waals surface area (Å²) in [7, 11) is 1.52. The molecule has 0 fully saturated rings. The molecule has 140 valence electrons. The first-order valence-corrected chi connectivity index (χ1v) is 9.74. The molecule has 0 saturated heterocycles. The maximum absolute atomic E-state index is 12.2. The van der Waals surface area contributed by atoms with Gasteiger partial charge < -0.3 is 14.2 Å². The highest BCUT2D eigenvalue weighted by Gasteiger charge is 2.26. The molecule has 27 heavy (non-hydrogen) atoms. The zero-order chi connectivity index (χ0) is 19.6. The van der Waals surface area contributed by atoms with Gasteiger partial charge in [-0.2, -0.15) is 0 Å². The van der Waals surface area contributed by atoms with Crippen LogP contribution in [0.5, 0.6) is 11.5 Å². The van der Waals surface area contributed by atoms with E-state index in [1.807, 2.05) is 13.0 Å². The molecule has 0 aliphatic carbocycles. The monoisotopic (exact) mass is 517 g/mol. The number of aliphatic imine (C=N–C) groups is 1. The highest BCUT2D eigenvalue weighted by molar-refractivity contribution is 14.1. The number of methoxy groups -OCH3 is 1. The number of ether oxygens (including phenoxy) is 3. The quantitative estimate of drug-likeness (QED) is 0.305. The Kier molecular flexibility index (Phi) is 6.29. The van der Waals surface area contributed by atoms with E-state index < -0.39 is 5.97 Å². The largest absolute Gasteiger partial charge is 0.493 e. The van der Waals surface area contributed by atoms with E-state index in [0.29, 0.717) is 39.3 Å². The van der Waals surface area contributed by atoms with E-state index >= 15 is 0 Å². The van der Waals surface area contributed by atoms with Gasteiger partial charge in [0.15, 0.2) is 17.2 Å². The smallest absolute Gasteiger partial charge is 0.363 e. The first-order chi connectivity index (χ1) is 12.9. The summed E-state index contributed by atoms with van der Waals surface area (Å²) in [6.45, 7) is 2.31. The van der Waals surface area contributed by atoms with Crippen molar-refractivity contribution in [2.24, 2.45) is 4.99 Å². The van der Waals surface area contributed by atoms with E-state index in [2.05, 4.69) is 27.6 Å². The lowest BCUT2D eigenvalue weighted by atomic mass is 10.1. The van der Waals surface area contributed by atoms with E-state index in [-0.39, 0.29) is 11.6 Å². The van der Waals surface area contributed by atoms with Gasteiger partial charge in [-0.1, -0.05) is 23.2 Å². The predicted octanol–water partition coefficient (Wildman–Crippen LogP) is 5.35. The van der Waals surface area contributed by atoms with Crippen LogP contribution in [0.3, 0.4) is 0 Å². The molecule has 0 bridgehead atoms. The lowest BCUT2D eigenvalue weighted by Gasteiger charge is -2.11. The first kappa shape index (κ1) is 20.0. The second kappa shape index (κ2) is 8.50. The molecule has 0 saturated carbocycles. The van der Waals surface area contributed by atoms with Crippen LogP contribution in [0.25, 0.3) is 6.08 Å². The molecule has 1 aliphatic heterocycles. The summed E-state index contributed by atoms with van der Waals surface area (Å²) in [5.41, 5.74) is 1.33. The topological polar surface area (TPSA) is 57.1 Å². The van der Waals surface area contributed by atoms with Crippen molar-refractivity contribution in [1.29, 1.82) is 0 Å². The summed E-state index contributed by atoms with van der Waals surface area (Å²) in [5.74, 6) is 0.516. The molecule has 5 nitrogen and oxygen atoms in total. The maximum Gasteiger partial charge on any atom is 0.363 e. The minimum absolute atomic E-state index is 0.141. The molecular formula is C19H14Cl2INO4. The van der Waals surface area contributed by atoms with Gasteiger partial charge in [-0.25, -0.2) is 9.79 Å². The summed E-state index contributed by atoms with van der Waals surface area (Å²) >= 11 is 14.6. The number of hydrogen-bond donors (Lipinski definition) is 0. The van der Waals surface area contributed by atoms with Crippen molar-refractivity contribution < 1.29 is 19.0 Å². The summed E-state index contributed by atoms with van der Waals surface area (Å²) < 4.78 is 17.0. The molecule has 8 heteroatoms. The minimum Gasteiger partial charge on any atom is -0.493 e. The van der Waals surface area contributed by atoms with Crippen LogP contribution in [0.4, 0.5) is 0 Å². The van der Waals surface area contributed by atoms with Gasteiger partial charge in [-0.3, -0.25) is 0 Å². The van der Waals surface area contributed by atoms with Crippen LogP contribution >= 0.6 is 45.8 Å². The fraction of sp³-hybridized carbons (Fsp3) is 0.158. The van der Waals surface area contributed by atoms with Gasteiger partial charge in [-0.15, -0.1) is 0 Å². The number of carbonyl (C=O) groups is 1. The lowest BCUT2D eigenvalue weighted by Crippen LogP contribution is -2.06. The Morgan fingerprint density at radius 2 is 2.00 bits per heavy atom. The first-order valence-electron chi connectivity index (χ1n) is 7.91. The van der Waals surface area contributed by atoms with Crippen molar-refractivity contribution >= 4 is 63.7 Å². The molecule has 0 atom stereocenters. The van der Waals surface area contributed by atoms with Gasteiger partial charge >= 0.3 is 5.97 Å². The zero-order valence-electron chi connectivity index (χ0n) is 14.4. The van der Waals surface area contributed by atoms with Gasteiger partial charge in [0, 0.05) is 3.57 Å². The Morgan fingerprint density at radius 3 is 2.70 bits per heavy atom. The van der Waals surface area contributed by atoms with Crippen LogP contribution in [0, 0.1) is 3.57 Å². The molecule has 3 rings (SSSR count). The van der Waals surface area contributed by atoms with Crippen molar-refractivity contribution in [3.63, 3.8) is 0 Å². The molecule has 0 spiro atoms. The van der Waals surface area contributed by atoms with Gasteiger partial charge in [0.1, 0.15) is 0 Å². The second-order valence-corrected chi connectivity index (χ2v) is 7.49. The number of hydrogen-bond acceptors (Lipinski definition) is 5. The molecule has 0 aromatic heterocycles. The number of benzene rings is 2. The van der Waals surface area contributed by atoms with Crippen LogP contribution in [0.2, 0.25) is 10.0 Å². The Morgan fingerprint density at radius 1 is 1.22 bits per heavy atom. The molecule has 0 N–H and O–H groups in total. The summed E-state index contributed by atoms with van der Waals surface area (Å²) in [4.78, 5) is 16.5. The molecule has 2 aromatic rings. The van der Waals surface area contributed by atoms with Gasteiger partial charge in [-0.05, 0) is 71.5 Å². The fourth-order valence-electron chi connectivity index (χ4n) is 2.45. The molecule has 0 amide bonds. The highest BCUT2D eigenvalue weighted by Crippen LogP contribution is 2.37. The number of nitrogens with zero attached hydrogens (tertiary/aromatic N) is 1. The Bertz CT molecular complexity index is 972. The summed E-state index contributed by atoms with van der Waals surface area (Å²) in [5, 5.41) is 0.827. The van der Waals surface area contributed by atoms with Crippen molar-refractivity contribution in [3.8, 4) is 11.5 Å². The Labute approximate surface area is 180 Å². The van der Waals surface area contributed by atoms with Crippen molar-refractivity contribution in [2.75, 3.05) is 13.7 Å². The third-order valence-corrected chi connectivity index (χ3v) is 4.90. The van der Waals surface area contributed by atoms with Crippen LogP contribution in [0.1, 0.15) is 18.1 Å². The Balaban J connectivity index is 2.00. The molecule has 2 aromatic carbocycles. The number of carbonyl (C=O) groups excluding carboxylic acids is 1. The number of halogens is 3. The maximum atomic E-state index is 12.2. The van der Waals surface area contributed by atoms with E-state index in [1.54, 1.807) is 30.3 Å². The zero-order valence-corrected chi connectivity index (χ0v) is 18.1. The van der Waals surface area contributed by atoms with Crippen molar-refractivity contribution in [2.45, 2.75) is 6.92 Å². The highest BCUT2D eigenvalue weighted by atomic mass is 127. The number of rotatable bonds is 5. The average Bonchev–Trinajstić information content (AvgIpc) is 2.99. The van der Waals surface area contributed by atoms with Crippen LogP contribution in [0.15, 0.2) is 41.0 Å².